The Kier molecular flexibility index (Phi) is 6.45. The van der Waals surface area contributed by atoms with Crippen molar-refractivity contribution >= 4 is 29.4 Å². The Morgan fingerprint density at radius 2 is 2.00 bits per heavy atom. The minimum Gasteiger partial charge on any atom is -0.465 e. The summed E-state index contributed by atoms with van der Waals surface area (Å²) in [6.07, 6.45) is 0.334. The summed E-state index contributed by atoms with van der Waals surface area (Å²) in [6.45, 7) is 2.50. The predicted molar refractivity (Wildman–Crippen MR) is 102 cm³/mol. The van der Waals surface area contributed by atoms with Crippen LogP contribution in [0.3, 0.4) is 0 Å². The second kappa shape index (κ2) is 9.01. The van der Waals surface area contributed by atoms with Crippen LogP contribution in [0.2, 0.25) is 0 Å². The first kappa shape index (κ1) is 20.7. The Bertz CT molecular complexity index is 821. The molecular formula is C19H24N4O6. The van der Waals surface area contributed by atoms with E-state index in [1.54, 1.807) is 0 Å². The fraction of sp³-hybridized carbons (Fsp3) is 0.474. The zero-order valence-corrected chi connectivity index (χ0v) is 16.2. The van der Waals surface area contributed by atoms with Crippen LogP contribution >= 0.6 is 0 Å². The topological polar surface area (TPSA) is 131 Å². The molecule has 3 N–H and O–H groups in total. The lowest BCUT2D eigenvalue weighted by atomic mass is 10.0. The van der Waals surface area contributed by atoms with Crippen molar-refractivity contribution in [1.29, 1.82) is 0 Å². The van der Waals surface area contributed by atoms with E-state index in [4.69, 9.17) is 15.2 Å². The number of hydrogen-bond acceptors (Lipinski definition) is 8. The molecule has 2 saturated heterocycles. The summed E-state index contributed by atoms with van der Waals surface area (Å²) in [7, 11) is 1.19. The van der Waals surface area contributed by atoms with Gasteiger partial charge in [-0.25, -0.2) is 4.79 Å². The maximum absolute atomic E-state index is 12.8. The third kappa shape index (κ3) is 4.54. The van der Waals surface area contributed by atoms with Gasteiger partial charge in [-0.05, 0) is 18.6 Å². The number of hydrogen-bond donors (Lipinski definition) is 2. The van der Waals surface area contributed by atoms with E-state index in [1.807, 2.05) is 4.90 Å². The predicted octanol–water partition coefficient (Wildman–Crippen LogP) is -0.407. The molecule has 0 saturated carbocycles. The van der Waals surface area contributed by atoms with Crippen LogP contribution in [-0.2, 0) is 19.1 Å². The molecule has 1 aromatic carbocycles. The van der Waals surface area contributed by atoms with E-state index in [9.17, 15) is 19.2 Å². The number of carbonyl (C=O) groups is 4. The van der Waals surface area contributed by atoms with Crippen molar-refractivity contribution in [2.24, 2.45) is 0 Å². The summed E-state index contributed by atoms with van der Waals surface area (Å²) in [5.41, 5.74) is 5.88. The number of methoxy groups -OCH3 is 1. The molecule has 156 valence electrons. The molecule has 2 heterocycles. The molecule has 0 radical (unpaired) electrons. The highest BCUT2D eigenvalue weighted by molar-refractivity contribution is 6.10. The van der Waals surface area contributed by atoms with Crippen molar-refractivity contribution in [3.8, 4) is 0 Å². The highest BCUT2D eigenvalue weighted by Gasteiger charge is 2.37. The highest BCUT2D eigenvalue weighted by atomic mass is 16.5. The Labute approximate surface area is 167 Å². The first-order valence-corrected chi connectivity index (χ1v) is 9.34. The van der Waals surface area contributed by atoms with Gasteiger partial charge < -0.3 is 20.5 Å². The van der Waals surface area contributed by atoms with Crippen molar-refractivity contribution in [2.75, 3.05) is 45.8 Å². The summed E-state index contributed by atoms with van der Waals surface area (Å²) < 4.78 is 9.98. The minimum absolute atomic E-state index is 0.0151. The number of nitrogen functional groups attached to an aromatic ring is 1. The Morgan fingerprint density at radius 1 is 1.28 bits per heavy atom. The number of morpholine rings is 1. The van der Waals surface area contributed by atoms with Crippen molar-refractivity contribution in [1.82, 2.24) is 15.1 Å². The van der Waals surface area contributed by atoms with Gasteiger partial charge in [0.15, 0.2) is 0 Å². The van der Waals surface area contributed by atoms with Crippen molar-refractivity contribution in [3.05, 3.63) is 29.3 Å². The standard InChI is InChI=1S/C19H24N4O6/c1-28-19(27)16-12(3-2-4-13(16)20)17(25)21-14-5-6-15(24)23(18(14)26)11-22-7-9-29-10-8-22/h2-4,14H,5-11,20H2,1H3,(H,21,25). The van der Waals surface area contributed by atoms with Gasteiger partial charge in [0.2, 0.25) is 5.91 Å². The number of ether oxygens (including phenoxy) is 2. The smallest absolute Gasteiger partial charge is 0.340 e. The second-order valence-electron chi connectivity index (χ2n) is 6.86. The summed E-state index contributed by atoms with van der Waals surface area (Å²) in [5.74, 6) is -2.11. The molecule has 1 atom stereocenters. The van der Waals surface area contributed by atoms with E-state index in [-0.39, 0.29) is 42.2 Å². The molecule has 0 bridgehead atoms. The van der Waals surface area contributed by atoms with Crippen LogP contribution in [0, 0.1) is 0 Å². The number of esters is 1. The lowest BCUT2D eigenvalue weighted by Gasteiger charge is -2.36. The quantitative estimate of drug-likeness (QED) is 0.385. The summed E-state index contributed by atoms with van der Waals surface area (Å²) in [6, 6.07) is 3.58. The van der Waals surface area contributed by atoms with E-state index in [1.165, 1.54) is 30.2 Å². The van der Waals surface area contributed by atoms with Crippen LogP contribution in [0.5, 0.6) is 0 Å². The van der Waals surface area contributed by atoms with Gasteiger partial charge in [0, 0.05) is 25.2 Å². The van der Waals surface area contributed by atoms with E-state index >= 15 is 0 Å². The largest absolute Gasteiger partial charge is 0.465 e. The molecule has 3 amide bonds. The molecule has 1 unspecified atom stereocenters. The number of nitrogens with one attached hydrogen (secondary N) is 1. The van der Waals surface area contributed by atoms with Gasteiger partial charge in [0.05, 0.1) is 38.1 Å². The van der Waals surface area contributed by atoms with E-state index in [0.29, 0.717) is 26.3 Å². The van der Waals surface area contributed by atoms with Gasteiger partial charge in [0.1, 0.15) is 6.04 Å². The lowest BCUT2D eigenvalue weighted by Crippen LogP contribution is -2.58. The second-order valence-corrected chi connectivity index (χ2v) is 6.86. The Hall–Kier alpha value is -2.98. The molecule has 10 heteroatoms. The van der Waals surface area contributed by atoms with Crippen molar-refractivity contribution in [3.63, 3.8) is 0 Å². The molecule has 10 nitrogen and oxygen atoms in total. The summed E-state index contributed by atoms with van der Waals surface area (Å²) in [5, 5.41) is 2.63. The first-order chi connectivity index (χ1) is 13.9. The van der Waals surface area contributed by atoms with E-state index in [2.05, 4.69) is 5.32 Å². The first-order valence-electron chi connectivity index (χ1n) is 9.34. The van der Waals surface area contributed by atoms with Crippen molar-refractivity contribution in [2.45, 2.75) is 18.9 Å². The van der Waals surface area contributed by atoms with Gasteiger partial charge in [-0.1, -0.05) is 6.07 Å². The maximum atomic E-state index is 12.8. The van der Waals surface area contributed by atoms with Gasteiger partial charge in [-0.2, -0.15) is 0 Å². The van der Waals surface area contributed by atoms with E-state index in [0.717, 1.165) is 0 Å². The molecule has 1 aromatic rings. The molecule has 29 heavy (non-hydrogen) atoms. The number of rotatable bonds is 5. The Balaban J connectivity index is 1.73. The third-order valence-electron chi connectivity index (χ3n) is 4.99. The zero-order chi connectivity index (χ0) is 21.0. The lowest BCUT2D eigenvalue weighted by molar-refractivity contribution is -0.153. The van der Waals surface area contributed by atoms with Gasteiger partial charge in [-0.15, -0.1) is 0 Å². The summed E-state index contributed by atoms with van der Waals surface area (Å²) >= 11 is 0. The summed E-state index contributed by atoms with van der Waals surface area (Å²) in [4.78, 5) is 53.0. The number of likely N-dealkylation sites (tertiary alicyclic amines) is 1. The molecule has 2 fully saturated rings. The van der Waals surface area contributed by atoms with Crippen LogP contribution in [0.1, 0.15) is 33.6 Å². The average Bonchev–Trinajstić information content (AvgIpc) is 2.73. The molecule has 3 rings (SSSR count). The highest BCUT2D eigenvalue weighted by Crippen LogP contribution is 2.20. The van der Waals surface area contributed by atoms with E-state index < -0.39 is 23.8 Å². The van der Waals surface area contributed by atoms with Crippen molar-refractivity contribution < 1.29 is 28.7 Å². The minimum atomic E-state index is -0.867. The fourth-order valence-electron chi connectivity index (χ4n) is 3.39. The molecule has 0 aliphatic carbocycles. The number of imide groups is 1. The third-order valence-corrected chi connectivity index (χ3v) is 4.99. The van der Waals surface area contributed by atoms with Gasteiger partial charge >= 0.3 is 5.97 Å². The number of anilines is 1. The number of carbonyl (C=O) groups excluding carboxylic acids is 4. The molecule has 0 spiro atoms. The normalized spacial score (nSPS) is 20.4. The average molecular weight is 404 g/mol. The van der Waals surface area contributed by atoms with Crippen LogP contribution < -0.4 is 11.1 Å². The maximum Gasteiger partial charge on any atom is 0.340 e. The van der Waals surface area contributed by atoms with Gasteiger partial charge in [-0.3, -0.25) is 24.2 Å². The molecule has 2 aliphatic heterocycles. The molecule has 0 aromatic heterocycles. The van der Waals surface area contributed by atoms with Crippen LogP contribution in [0.25, 0.3) is 0 Å². The Morgan fingerprint density at radius 3 is 2.69 bits per heavy atom. The zero-order valence-electron chi connectivity index (χ0n) is 16.2. The molecular weight excluding hydrogens is 380 g/mol. The van der Waals surface area contributed by atoms with Gasteiger partial charge in [0.25, 0.3) is 11.8 Å². The van der Waals surface area contributed by atoms with Crippen LogP contribution in [0.4, 0.5) is 5.69 Å². The number of piperidine rings is 1. The number of nitrogens with zero attached hydrogens (tertiary/aromatic N) is 2. The number of nitrogens with two attached hydrogens (primary N) is 1. The van der Waals surface area contributed by atoms with Crippen LogP contribution in [0.15, 0.2) is 18.2 Å². The number of benzene rings is 1. The molecule has 2 aliphatic rings. The number of amides is 3. The van der Waals surface area contributed by atoms with Crippen LogP contribution in [-0.4, -0.2) is 79.6 Å². The SMILES string of the molecule is COC(=O)c1c(N)cccc1C(=O)NC1CCC(=O)N(CN2CCOCC2)C1=O. The fourth-order valence-corrected chi connectivity index (χ4v) is 3.39. The monoisotopic (exact) mass is 404 g/mol.